The van der Waals surface area contributed by atoms with Crippen molar-refractivity contribution in [2.45, 2.75) is 13.5 Å². The van der Waals surface area contributed by atoms with Gasteiger partial charge in [-0.05, 0) is 49.4 Å². The van der Waals surface area contributed by atoms with Gasteiger partial charge in [-0.3, -0.25) is 9.59 Å². The minimum absolute atomic E-state index is 0.136. The first kappa shape index (κ1) is 20.9. The Morgan fingerprint density at radius 2 is 1.90 bits per heavy atom. The van der Waals surface area contributed by atoms with Gasteiger partial charge in [-0.1, -0.05) is 33.3 Å². The summed E-state index contributed by atoms with van der Waals surface area (Å²) in [5, 5.41) is 7.55. The van der Waals surface area contributed by atoms with Gasteiger partial charge in [0.2, 0.25) is 4.96 Å². The van der Waals surface area contributed by atoms with Crippen molar-refractivity contribution in [1.29, 1.82) is 0 Å². The average molecular weight is 499 g/mol. The number of fused-ring (bicyclic) bond motifs is 1. The van der Waals surface area contributed by atoms with Crippen molar-refractivity contribution in [3.05, 3.63) is 91.3 Å². The number of nitrogens with zero attached hydrogens (tertiary/aromatic N) is 3. The van der Waals surface area contributed by atoms with Gasteiger partial charge in [-0.15, -0.1) is 0 Å². The molecule has 10 heteroatoms. The molecule has 0 bridgehead atoms. The number of anilines is 1. The Kier molecular flexibility index (Phi) is 5.92. The lowest BCUT2D eigenvalue weighted by Gasteiger charge is -2.07. The predicted octanol–water partition coefficient (Wildman–Crippen LogP) is 3.83. The summed E-state index contributed by atoms with van der Waals surface area (Å²) < 4.78 is 7.29. The van der Waals surface area contributed by atoms with Gasteiger partial charge in [0.1, 0.15) is 11.6 Å². The molecule has 31 heavy (non-hydrogen) atoms. The summed E-state index contributed by atoms with van der Waals surface area (Å²) in [6, 6.07) is 14.7. The number of hydrogen-bond donors (Lipinski definition) is 1. The molecular formula is C21H15BrN4O4S. The number of halogens is 1. The van der Waals surface area contributed by atoms with E-state index in [4.69, 9.17) is 4.74 Å². The lowest BCUT2D eigenvalue weighted by molar-refractivity contribution is 0.0467. The van der Waals surface area contributed by atoms with Gasteiger partial charge in [0.15, 0.2) is 0 Å². The molecule has 0 saturated heterocycles. The van der Waals surface area contributed by atoms with E-state index in [2.05, 4.69) is 31.3 Å². The minimum Gasteiger partial charge on any atom is -0.456 e. The average Bonchev–Trinajstić information content (AvgIpc) is 3.13. The number of rotatable bonds is 5. The van der Waals surface area contributed by atoms with E-state index >= 15 is 0 Å². The fraction of sp³-hybridized carbons (Fsp3) is 0.0952. The molecule has 1 amide bonds. The fourth-order valence-electron chi connectivity index (χ4n) is 2.77. The van der Waals surface area contributed by atoms with E-state index in [1.165, 1.54) is 21.9 Å². The normalized spacial score (nSPS) is 10.8. The van der Waals surface area contributed by atoms with E-state index in [9.17, 15) is 14.4 Å². The maximum Gasteiger partial charge on any atom is 0.338 e. The summed E-state index contributed by atoms with van der Waals surface area (Å²) >= 11 is 4.61. The number of ether oxygens (including phenoxy) is 1. The van der Waals surface area contributed by atoms with E-state index in [0.717, 1.165) is 4.47 Å². The number of hydrogen-bond acceptors (Lipinski definition) is 7. The molecule has 0 radical (unpaired) electrons. The van der Waals surface area contributed by atoms with E-state index in [1.807, 2.05) is 6.07 Å². The highest BCUT2D eigenvalue weighted by Crippen LogP contribution is 2.16. The first-order valence-electron chi connectivity index (χ1n) is 9.09. The Balaban J connectivity index is 1.39. The van der Waals surface area contributed by atoms with Crippen LogP contribution < -0.4 is 10.9 Å². The first-order valence-corrected chi connectivity index (χ1v) is 10.7. The first-order chi connectivity index (χ1) is 14.9. The number of aromatic nitrogens is 3. The number of carbonyl (C=O) groups excluding carboxylic acids is 2. The number of aryl methyl sites for hydroxylation is 1. The number of amides is 1. The molecule has 2 aromatic heterocycles. The number of benzene rings is 2. The molecule has 4 rings (SSSR count). The van der Waals surface area contributed by atoms with Gasteiger partial charge >= 0.3 is 5.97 Å². The summed E-state index contributed by atoms with van der Waals surface area (Å²) in [5.74, 6) is -0.824. The van der Waals surface area contributed by atoms with Crippen LogP contribution in [0.3, 0.4) is 0 Å². The maximum atomic E-state index is 12.3. The third-order valence-electron chi connectivity index (χ3n) is 4.22. The molecule has 4 aromatic rings. The van der Waals surface area contributed by atoms with Crippen LogP contribution in [0.4, 0.5) is 5.69 Å². The highest BCUT2D eigenvalue weighted by Gasteiger charge is 2.12. The van der Waals surface area contributed by atoms with Crippen LogP contribution >= 0.6 is 27.3 Å². The standard InChI is InChI=1S/C21H15BrN4O4S/c1-12-25-26-18(27)10-17(24-21(26)31-12)11-30-20(29)13-5-7-16(8-6-13)23-19(28)14-3-2-4-15(22)9-14/h2-10H,11H2,1H3,(H,23,28). The lowest BCUT2D eigenvalue weighted by atomic mass is 10.2. The molecule has 0 fully saturated rings. The molecule has 0 saturated carbocycles. The van der Waals surface area contributed by atoms with Gasteiger partial charge in [0, 0.05) is 21.8 Å². The molecular weight excluding hydrogens is 484 g/mol. The summed E-state index contributed by atoms with van der Waals surface area (Å²) in [6.45, 7) is 1.65. The maximum absolute atomic E-state index is 12.3. The third-order valence-corrected chi connectivity index (χ3v) is 5.53. The summed E-state index contributed by atoms with van der Waals surface area (Å²) in [5.41, 5.74) is 1.38. The second kappa shape index (κ2) is 8.78. The Bertz CT molecular complexity index is 1350. The quantitative estimate of drug-likeness (QED) is 0.419. The smallest absolute Gasteiger partial charge is 0.338 e. The molecule has 0 aliphatic heterocycles. The molecule has 8 nitrogen and oxygen atoms in total. The van der Waals surface area contributed by atoms with Crippen LogP contribution in [0.5, 0.6) is 0 Å². The monoisotopic (exact) mass is 498 g/mol. The van der Waals surface area contributed by atoms with E-state index < -0.39 is 5.97 Å². The zero-order valence-electron chi connectivity index (χ0n) is 16.2. The van der Waals surface area contributed by atoms with Gasteiger partial charge in [0.25, 0.3) is 11.5 Å². The van der Waals surface area contributed by atoms with Crippen LogP contribution in [0.15, 0.2) is 63.9 Å². The van der Waals surface area contributed by atoms with Crippen LogP contribution in [-0.2, 0) is 11.3 Å². The highest BCUT2D eigenvalue weighted by atomic mass is 79.9. The van der Waals surface area contributed by atoms with Gasteiger partial charge < -0.3 is 10.1 Å². The van der Waals surface area contributed by atoms with Gasteiger partial charge in [-0.25, -0.2) is 9.78 Å². The molecule has 2 heterocycles. The minimum atomic E-state index is -0.563. The van der Waals surface area contributed by atoms with Crippen molar-refractivity contribution in [1.82, 2.24) is 14.6 Å². The molecule has 1 N–H and O–H groups in total. The topological polar surface area (TPSA) is 103 Å². The van der Waals surface area contributed by atoms with Crippen molar-refractivity contribution in [2.24, 2.45) is 0 Å². The Hall–Kier alpha value is -3.37. The molecule has 156 valence electrons. The SMILES string of the molecule is Cc1nn2c(=O)cc(COC(=O)c3ccc(NC(=O)c4cccc(Br)c4)cc3)nc2s1. The van der Waals surface area contributed by atoms with Crippen molar-refractivity contribution in [3.8, 4) is 0 Å². The molecule has 0 atom stereocenters. The molecule has 0 unspecified atom stereocenters. The summed E-state index contributed by atoms with van der Waals surface area (Å²) in [4.78, 5) is 41.4. The van der Waals surface area contributed by atoms with Crippen LogP contribution in [0.2, 0.25) is 0 Å². The number of nitrogens with one attached hydrogen (secondary N) is 1. The van der Waals surface area contributed by atoms with E-state index in [0.29, 0.717) is 32.5 Å². The van der Waals surface area contributed by atoms with E-state index in [1.54, 1.807) is 49.4 Å². The Morgan fingerprint density at radius 1 is 1.13 bits per heavy atom. The number of carbonyl (C=O) groups is 2. The van der Waals surface area contributed by atoms with Crippen LogP contribution in [0.1, 0.15) is 31.4 Å². The van der Waals surface area contributed by atoms with Crippen LogP contribution in [-0.4, -0.2) is 26.5 Å². The van der Waals surface area contributed by atoms with Gasteiger partial charge in [0.05, 0.1) is 11.3 Å². The lowest BCUT2D eigenvalue weighted by Crippen LogP contribution is -2.16. The van der Waals surface area contributed by atoms with Crippen LogP contribution in [0.25, 0.3) is 4.96 Å². The molecule has 0 spiro atoms. The largest absolute Gasteiger partial charge is 0.456 e. The number of esters is 1. The second-order valence-electron chi connectivity index (χ2n) is 6.52. The van der Waals surface area contributed by atoms with E-state index in [-0.39, 0.29) is 18.1 Å². The summed E-state index contributed by atoms with van der Waals surface area (Å²) in [7, 11) is 0. The Labute approximate surface area is 188 Å². The molecule has 0 aliphatic rings. The van der Waals surface area contributed by atoms with Crippen molar-refractivity contribution < 1.29 is 14.3 Å². The third kappa shape index (κ3) is 4.86. The molecule has 2 aromatic carbocycles. The highest BCUT2D eigenvalue weighted by molar-refractivity contribution is 9.10. The summed E-state index contributed by atoms with van der Waals surface area (Å²) in [6.07, 6.45) is 0. The predicted molar refractivity (Wildman–Crippen MR) is 120 cm³/mol. The molecule has 0 aliphatic carbocycles. The second-order valence-corrected chi connectivity index (χ2v) is 8.59. The fourth-order valence-corrected chi connectivity index (χ4v) is 3.94. The van der Waals surface area contributed by atoms with Crippen molar-refractivity contribution in [3.63, 3.8) is 0 Å². The zero-order valence-corrected chi connectivity index (χ0v) is 18.6. The Morgan fingerprint density at radius 3 is 2.65 bits per heavy atom. The van der Waals surface area contributed by atoms with Crippen molar-refractivity contribution in [2.75, 3.05) is 5.32 Å². The zero-order chi connectivity index (χ0) is 22.0. The van der Waals surface area contributed by atoms with Gasteiger partial charge in [-0.2, -0.15) is 9.61 Å². The van der Waals surface area contributed by atoms with Crippen LogP contribution in [0, 0.1) is 6.92 Å². The van der Waals surface area contributed by atoms with Crippen molar-refractivity contribution >= 4 is 49.8 Å².